The lowest BCUT2D eigenvalue weighted by Gasteiger charge is -2.10. The van der Waals surface area contributed by atoms with Crippen LogP contribution in [0.3, 0.4) is 0 Å². The van der Waals surface area contributed by atoms with Gasteiger partial charge in [-0.3, -0.25) is 4.79 Å². The number of hydrogen-bond donors (Lipinski definition) is 1. The van der Waals surface area contributed by atoms with Gasteiger partial charge >= 0.3 is 0 Å². The average molecular weight is 297 g/mol. The molecule has 7 heteroatoms. The van der Waals surface area contributed by atoms with Crippen LogP contribution < -0.4 is 5.43 Å². The third kappa shape index (κ3) is 2.73. The van der Waals surface area contributed by atoms with Gasteiger partial charge < -0.3 is 4.42 Å². The number of carbonyl (C=O) groups excluding carboxylic acids is 1. The standard InChI is InChI=1S/C15H15N5O2/c1-10-7-8-12(22-10)9-16-18-15(21)11(2)20-14-6-4-3-5-13(14)17-19-20/h3-9,11H,1-2H3,(H,18,21)/b16-9+. The predicted octanol–water partition coefficient (Wildman–Crippen LogP) is 2.04. The number of para-hydroxylation sites is 1. The lowest BCUT2D eigenvalue weighted by atomic mass is 10.3. The van der Waals surface area contributed by atoms with Crippen LogP contribution in [0.1, 0.15) is 24.5 Å². The van der Waals surface area contributed by atoms with Gasteiger partial charge in [-0.2, -0.15) is 5.10 Å². The van der Waals surface area contributed by atoms with Gasteiger partial charge in [-0.05, 0) is 38.1 Å². The van der Waals surface area contributed by atoms with Gasteiger partial charge in [0.05, 0.1) is 11.7 Å². The summed E-state index contributed by atoms with van der Waals surface area (Å²) in [4.78, 5) is 12.1. The number of aryl methyl sites for hydroxylation is 1. The molecule has 0 bridgehead atoms. The van der Waals surface area contributed by atoms with Crippen molar-refractivity contribution in [2.45, 2.75) is 19.9 Å². The largest absolute Gasteiger partial charge is 0.460 e. The third-order valence-corrected chi connectivity index (χ3v) is 3.25. The SMILES string of the molecule is Cc1ccc(/C=N/NC(=O)C(C)n2nnc3ccccc32)o1. The van der Waals surface area contributed by atoms with Gasteiger partial charge in [0.25, 0.3) is 5.91 Å². The first-order chi connectivity index (χ1) is 10.6. The fraction of sp³-hybridized carbons (Fsp3) is 0.200. The maximum Gasteiger partial charge on any atom is 0.264 e. The van der Waals surface area contributed by atoms with Crippen LogP contribution in [-0.2, 0) is 4.79 Å². The fourth-order valence-electron chi connectivity index (χ4n) is 2.06. The predicted molar refractivity (Wildman–Crippen MR) is 81.4 cm³/mol. The van der Waals surface area contributed by atoms with Crippen LogP contribution in [-0.4, -0.2) is 27.1 Å². The Hall–Kier alpha value is -2.96. The molecule has 2 heterocycles. The van der Waals surface area contributed by atoms with E-state index < -0.39 is 6.04 Å². The quantitative estimate of drug-likeness (QED) is 0.590. The third-order valence-electron chi connectivity index (χ3n) is 3.25. The van der Waals surface area contributed by atoms with E-state index in [0.29, 0.717) is 5.76 Å². The number of amides is 1. The minimum absolute atomic E-state index is 0.282. The van der Waals surface area contributed by atoms with Crippen molar-refractivity contribution in [3.63, 3.8) is 0 Å². The van der Waals surface area contributed by atoms with Crippen molar-refractivity contribution in [3.05, 3.63) is 47.9 Å². The highest BCUT2D eigenvalue weighted by molar-refractivity contribution is 5.84. The number of aromatic nitrogens is 3. The van der Waals surface area contributed by atoms with Crippen molar-refractivity contribution in [1.82, 2.24) is 20.4 Å². The van der Waals surface area contributed by atoms with E-state index in [9.17, 15) is 4.79 Å². The molecule has 1 unspecified atom stereocenters. The van der Waals surface area contributed by atoms with Crippen molar-refractivity contribution >= 4 is 23.2 Å². The molecule has 2 aromatic heterocycles. The first-order valence-corrected chi connectivity index (χ1v) is 6.84. The molecule has 1 atom stereocenters. The molecule has 0 aliphatic carbocycles. The average Bonchev–Trinajstić information content (AvgIpc) is 3.12. The van der Waals surface area contributed by atoms with Crippen LogP contribution in [0.5, 0.6) is 0 Å². The topological polar surface area (TPSA) is 85.3 Å². The zero-order valence-corrected chi connectivity index (χ0v) is 12.2. The zero-order valence-electron chi connectivity index (χ0n) is 12.2. The Balaban J connectivity index is 1.70. The Bertz CT molecular complexity index is 833. The number of rotatable bonds is 4. The lowest BCUT2D eigenvalue weighted by molar-refractivity contribution is -0.124. The molecule has 1 amide bonds. The summed E-state index contributed by atoms with van der Waals surface area (Å²) in [5, 5.41) is 11.9. The van der Waals surface area contributed by atoms with Crippen LogP contribution in [0.15, 0.2) is 45.9 Å². The second kappa shape index (κ2) is 5.80. The maximum atomic E-state index is 12.1. The molecular formula is C15H15N5O2. The van der Waals surface area contributed by atoms with Crippen LogP contribution in [0.4, 0.5) is 0 Å². The Morgan fingerprint density at radius 1 is 1.36 bits per heavy atom. The summed E-state index contributed by atoms with van der Waals surface area (Å²) in [6.45, 7) is 3.58. The van der Waals surface area contributed by atoms with Gasteiger partial charge in [-0.15, -0.1) is 5.10 Å². The minimum Gasteiger partial charge on any atom is -0.460 e. The van der Waals surface area contributed by atoms with Gasteiger partial charge in [0.15, 0.2) is 0 Å². The van der Waals surface area contributed by atoms with Crippen LogP contribution in [0.2, 0.25) is 0 Å². The number of hydrazone groups is 1. The van der Waals surface area contributed by atoms with E-state index in [0.717, 1.165) is 16.8 Å². The smallest absolute Gasteiger partial charge is 0.264 e. The molecule has 3 rings (SSSR count). The molecule has 0 fully saturated rings. The molecule has 112 valence electrons. The van der Waals surface area contributed by atoms with Gasteiger partial charge in [0.2, 0.25) is 0 Å². The number of carbonyl (C=O) groups is 1. The normalized spacial score (nSPS) is 12.8. The van der Waals surface area contributed by atoms with E-state index in [4.69, 9.17) is 4.42 Å². The molecule has 0 saturated heterocycles. The van der Waals surface area contributed by atoms with Gasteiger partial charge in [-0.1, -0.05) is 17.3 Å². The molecule has 3 aromatic rings. The molecule has 0 aliphatic heterocycles. The van der Waals surface area contributed by atoms with E-state index in [1.807, 2.05) is 37.3 Å². The molecular weight excluding hydrogens is 282 g/mol. The molecule has 22 heavy (non-hydrogen) atoms. The van der Waals surface area contributed by atoms with E-state index in [1.165, 1.54) is 6.21 Å². The number of nitrogens with zero attached hydrogens (tertiary/aromatic N) is 4. The van der Waals surface area contributed by atoms with Crippen molar-refractivity contribution in [1.29, 1.82) is 0 Å². The Labute approximate surface area is 126 Å². The second-order valence-electron chi connectivity index (χ2n) is 4.88. The Morgan fingerprint density at radius 3 is 2.95 bits per heavy atom. The van der Waals surface area contributed by atoms with Crippen molar-refractivity contribution in [2.75, 3.05) is 0 Å². The zero-order chi connectivity index (χ0) is 15.5. The Morgan fingerprint density at radius 2 is 2.18 bits per heavy atom. The van der Waals surface area contributed by atoms with Crippen LogP contribution >= 0.6 is 0 Å². The van der Waals surface area contributed by atoms with E-state index in [2.05, 4.69) is 20.8 Å². The molecule has 0 spiro atoms. The van der Waals surface area contributed by atoms with Crippen molar-refractivity contribution in [3.8, 4) is 0 Å². The van der Waals surface area contributed by atoms with Gasteiger partial charge in [0.1, 0.15) is 23.1 Å². The number of nitrogens with one attached hydrogen (secondary N) is 1. The molecule has 0 radical (unpaired) electrons. The minimum atomic E-state index is -0.525. The first kappa shape index (κ1) is 14.0. The summed E-state index contributed by atoms with van der Waals surface area (Å²) < 4.78 is 6.89. The summed E-state index contributed by atoms with van der Waals surface area (Å²) in [5.74, 6) is 1.09. The highest BCUT2D eigenvalue weighted by Crippen LogP contribution is 2.15. The molecule has 7 nitrogen and oxygen atoms in total. The number of furan rings is 1. The highest BCUT2D eigenvalue weighted by atomic mass is 16.3. The summed E-state index contributed by atoms with van der Waals surface area (Å²) in [7, 11) is 0. The van der Waals surface area contributed by atoms with Gasteiger partial charge in [-0.25, -0.2) is 10.1 Å². The molecule has 1 N–H and O–H groups in total. The number of fused-ring (bicyclic) bond motifs is 1. The van der Waals surface area contributed by atoms with Crippen LogP contribution in [0, 0.1) is 6.92 Å². The van der Waals surface area contributed by atoms with E-state index in [-0.39, 0.29) is 5.91 Å². The van der Waals surface area contributed by atoms with Crippen molar-refractivity contribution in [2.24, 2.45) is 5.10 Å². The molecule has 0 saturated carbocycles. The summed E-state index contributed by atoms with van der Waals surface area (Å²) in [6, 6.07) is 10.6. The highest BCUT2D eigenvalue weighted by Gasteiger charge is 2.18. The van der Waals surface area contributed by atoms with E-state index >= 15 is 0 Å². The van der Waals surface area contributed by atoms with Gasteiger partial charge in [0, 0.05) is 0 Å². The first-order valence-electron chi connectivity index (χ1n) is 6.84. The summed E-state index contributed by atoms with van der Waals surface area (Å²) in [5.41, 5.74) is 4.02. The number of hydrogen-bond acceptors (Lipinski definition) is 5. The van der Waals surface area contributed by atoms with Crippen LogP contribution in [0.25, 0.3) is 11.0 Å². The molecule has 1 aromatic carbocycles. The second-order valence-corrected chi connectivity index (χ2v) is 4.88. The number of benzene rings is 1. The fourth-order valence-corrected chi connectivity index (χ4v) is 2.06. The lowest BCUT2D eigenvalue weighted by Crippen LogP contribution is -2.28. The molecule has 0 aliphatic rings. The van der Waals surface area contributed by atoms with Crippen molar-refractivity contribution < 1.29 is 9.21 Å². The van der Waals surface area contributed by atoms with E-state index in [1.54, 1.807) is 17.7 Å². The summed E-state index contributed by atoms with van der Waals surface area (Å²) in [6.07, 6.45) is 1.46. The summed E-state index contributed by atoms with van der Waals surface area (Å²) >= 11 is 0. The Kier molecular flexibility index (Phi) is 3.69. The monoisotopic (exact) mass is 297 g/mol. The maximum absolute atomic E-state index is 12.1.